The Morgan fingerprint density at radius 3 is 2.78 bits per heavy atom. The summed E-state index contributed by atoms with van der Waals surface area (Å²) in [4.78, 5) is 10.7. The number of nitrogens with two attached hydrogens (primary N) is 1. The summed E-state index contributed by atoms with van der Waals surface area (Å²) in [5.74, 6) is 0.789. The molecule has 4 nitrogen and oxygen atoms in total. The van der Waals surface area contributed by atoms with E-state index in [1.807, 2.05) is 11.9 Å². The molecule has 0 aliphatic carbocycles. The maximum atomic E-state index is 5.48. The van der Waals surface area contributed by atoms with Gasteiger partial charge in [-0.2, -0.15) is 0 Å². The third-order valence-corrected chi connectivity index (χ3v) is 4.09. The number of halogens is 1. The molecule has 2 N–H and O–H groups in total. The summed E-state index contributed by atoms with van der Waals surface area (Å²) in [6.07, 6.45) is 3.27. The minimum absolute atomic E-state index is 0.262. The van der Waals surface area contributed by atoms with E-state index in [2.05, 4.69) is 37.3 Å². The molecule has 94 valence electrons. The van der Waals surface area contributed by atoms with Crippen molar-refractivity contribution in [2.24, 2.45) is 5.73 Å². The van der Waals surface area contributed by atoms with E-state index >= 15 is 0 Å². The maximum Gasteiger partial charge on any atom is 0.147 e. The molecule has 0 saturated carbocycles. The molecule has 0 aromatic carbocycles. The van der Waals surface area contributed by atoms with Gasteiger partial charge in [0.05, 0.1) is 16.2 Å². The monoisotopic (exact) mass is 342 g/mol. The molecular formula is C11H11BrN4S2. The van der Waals surface area contributed by atoms with E-state index in [0.29, 0.717) is 5.69 Å². The molecule has 0 unspecified atom stereocenters. The summed E-state index contributed by atoms with van der Waals surface area (Å²) < 4.78 is 1.13. The number of hydrogen-bond donors (Lipinski definition) is 1. The Bertz CT molecular complexity index is 552. The number of nitrogens with zero attached hydrogens (tertiary/aromatic N) is 3. The molecule has 7 heteroatoms. The molecular weight excluding hydrogens is 332 g/mol. The van der Waals surface area contributed by atoms with Crippen LogP contribution in [0.4, 0.5) is 5.82 Å². The van der Waals surface area contributed by atoms with Crippen molar-refractivity contribution in [2.75, 3.05) is 11.9 Å². The standard InChI is InChI=1S/C11H11BrN4S2/c1-16(5-7-2-9(12)18-6-7)10-4-14-8(3-15-10)11(13)17/h2-4,6H,5H2,1H3,(H2,13,17). The first-order valence-corrected chi connectivity index (χ1v) is 7.20. The number of rotatable bonds is 4. The Hall–Kier alpha value is -1.05. The number of hydrogen-bond acceptors (Lipinski definition) is 5. The van der Waals surface area contributed by atoms with Crippen LogP contribution in [-0.2, 0) is 6.54 Å². The minimum Gasteiger partial charge on any atom is -0.388 e. The quantitative estimate of drug-likeness (QED) is 0.865. The molecule has 0 aliphatic heterocycles. The fraction of sp³-hybridized carbons (Fsp3) is 0.182. The van der Waals surface area contributed by atoms with Crippen molar-refractivity contribution >= 4 is 50.3 Å². The highest BCUT2D eigenvalue weighted by molar-refractivity contribution is 9.11. The van der Waals surface area contributed by atoms with E-state index in [1.54, 1.807) is 23.7 Å². The molecule has 0 aliphatic rings. The van der Waals surface area contributed by atoms with Gasteiger partial charge in [-0.3, -0.25) is 0 Å². The van der Waals surface area contributed by atoms with Gasteiger partial charge in [0.2, 0.25) is 0 Å². The van der Waals surface area contributed by atoms with Gasteiger partial charge >= 0.3 is 0 Å². The van der Waals surface area contributed by atoms with Crippen LogP contribution in [0.2, 0.25) is 0 Å². The van der Waals surface area contributed by atoms with Crippen LogP contribution in [0.15, 0.2) is 27.6 Å². The summed E-state index contributed by atoms with van der Waals surface area (Å²) >= 11 is 9.95. The van der Waals surface area contributed by atoms with Gasteiger partial charge in [-0.15, -0.1) is 11.3 Å². The van der Waals surface area contributed by atoms with Crippen LogP contribution in [0.3, 0.4) is 0 Å². The van der Waals surface area contributed by atoms with Crippen LogP contribution in [0.25, 0.3) is 0 Å². The third-order valence-electron chi connectivity index (χ3n) is 2.32. The first-order valence-electron chi connectivity index (χ1n) is 5.12. The van der Waals surface area contributed by atoms with Crippen molar-refractivity contribution in [1.82, 2.24) is 9.97 Å². The summed E-state index contributed by atoms with van der Waals surface area (Å²) in [5.41, 5.74) is 7.25. The fourth-order valence-electron chi connectivity index (χ4n) is 1.43. The second-order valence-corrected chi connectivity index (χ2v) is 6.47. The highest BCUT2D eigenvalue weighted by Crippen LogP contribution is 2.22. The van der Waals surface area contributed by atoms with Gasteiger partial charge in [0.15, 0.2) is 0 Å². The van der Waals surface area contributed by atoms with E-state index in [0.717, 1.165) is 16.1 Å². The number of thiocarbonyl (C=S) groups is 1. The lowest BCUT2D eigenvalue weighted by Crippen LogP contribution is -2.19. The first kappa shape index (κ1) is 13.4. The lowest BCUT2D eigenvalue weighted by atomic mass is 10.3. The van der Waals surface area contributed by atoms with E-state index in [-0.39, 0.29) is 4.99 Å². The Morgan fingerprint density at radius 1 is 1.50 bits per heavy atom. The van der Waals surface area contributed by atoms with Crippen molar-refractivity contribution < 1.29 is 0 Å². The zero-order valence-electron chi connectivity index (χ0n) is 9.63. The zero-order chi connectivity index (χ0) is 13.1. The van der Waals surface area contributed by atoms with Crippen LogP contribution in [0.1, 0.15) is 11.3 Å². The molecule has 0 radical (unpaired) electrons. The van der Waals surface area contributed by atoms with E-state index < -0.39 is 0 Å². The average Bonchev–Trinajstić information content (AvgIpc) is 2.75. The van der Waals surface area contributed by atoms with E-state index in [9.17, 15) is 0 Å². The maximum absolute atomic E-state index is 5.48. The second-order valence-electron chi connectivity index (χ2n) is 3.74. The third kappa shape index (κ3) is 3.24. The topological polar surface area (TPSA) is 55.0 Å². The van der Waals surface area contributed by atoms with Gasteiger partial charge in [-0.1, -0.05) is 12.2 Å². The molecule has 0 saturated heterocycles. The molecule has 2 aromatic heterocycles. The van der Waals surface area contributed by atoms with E-state index in [1.165, 1.54) is 5.56 Å². The Balaban J connectivity index is 2.09. The first-order chi connectivity index (χ1) is 8.56. The van der Waals surface area contributed by atoms with Crippen LogP contribution in [0, 0.1) is 0 Å². The highest BCUT2D eigenvalue weighted by Gasteiger charge is 2.06. The molecule has 0 amide bonds. The summed E-state index contributed by atoms with van der Waals surface area (Å²) in [7, 11) is 1.97. The van der Waals surface area contributed by atoms with Crippen LogP contribution < -0.4 is 10.6 Å². The molecule has 2 rings (SSSR count). The lowest BCUT2D eigenvalue weighted by Gasteiger charge is -2.16. The Kier molecular flexibility index (Phi) is 4.26. The van der Waals surface area contributed by atoms with Crippen LogP contribution >= 0.6 is 39.5 Å². The van der Waals surface area contributed by atoms with Gasteiger partial charge in [0.1, 0.15) is 16.5 Å². The minimum atomic E-state index is 0.262. The Morgan fingerprint density at radius 2 is 2.28 bits per heavy atom. The number of aromatic nitrogens is 2. The smallest absolute Gasteiger partial charge is 0.147 e. The van der Waals surface area contributed by atoms with Crippen molar-refractivity contribution in [3.05, 3.63) is 38.9 Å². The molecule has 0 bridgehead atoms. The van der Waals surface area contributed by atoms with Crippen LogP contribution in [0.5, 0.6) is 0 Å². The number of thiophene rings is 1. The zero-order valence-corrected chi connectivity index (χ0v) is 12.8. The normalized spacial score (nSPS) is 10.3. The van der Waals surface area contributed by atoms with Crippen molar-refractivity contribution in [3.63, 3.8) is 0 Å². The Labute approximate surface area is 123 Å². The molecule has 2 heterocycles. The summed E-state index contributed by atoms with van der Waals surface area (Å²) in [5, 5.41) is 2.11. The fourth-order valence-corrected chi connectivity index (χ4v) is 2.73. The van der Waals surface area contributed by atoms with E-state index in [4.69, 9.17) is 18.0 Å². The summed E-state index contributed by atoms with van der Waals surface area (Å²) in [6.45, 7) is 0.781. The van der Waals surface area contributed by atoms with Crippen molar-refractivity contribution in [1.29, 1.82) is 0 Å². The van der Waals surface area contributed by atoms with Gasteiger partial charge in [0.25, 0.3) is 0 Å². The highest BCUT2D eigenvalue weighted by atomic mass is 79.9. The van der Waals surface area contributed by atoms with Gasteiger partial charge in [-0.05, 0) is 32.9 Å². The number of anilines is 1. The molecule has 18 heavy (non-hydrogen) atoms. The largest absolute Gasteiger partial charge is 0.388 e. The predicted molar refractivity (Wildman–Crippen MR) is 82.0 cm³/mol. The molecule has 2 aromatic rings. The van der Waals surface area contributed by atoms with Gasteiger partial charge < -0.3 is 10.6 Å². The SMILES string of the molecule is CN(Cc1csc(Br)c1)c1cnc(C(N)=S)cn1. The van der Waals surface area contributed by atoms with Gasteiger partial charge in [-0.25, -0.2) is 9.97 Å². The van der Waals surface area contributed by atoms with Crippen molar-refractivity contribution in [2.45, 2.75) is 6.54 Å². The molecule has 0 spiro atoms. The average molecular weight is 343 g/mol. The van der Waals surface area contributed by atoms with Gasteiger partial charge in [0, 0.05) is 13.6 Å². The van der Waals surface area contributed by atoms with Crippen LogP contribution in [-0.4, -0.2) is 22.0 Å². The molecule has 0 fully saturated rings. The molecule has 0 atom stereocenters. The predicted octanol–water partition coefficient (Wildman–Crippen LogP) is 2.57. The second kappa shape index (κ2) is 5.73. The van der Waals surface area contributed by atoms with Crippen molar-refractivity contribution in [3.8, 4) is 0 Å². The summed E-state index contributed by atoms with van der Waals surface area (Å²) in [6, 6.07) is 2.10. The lowest BCUT2D eigenvalue weighted by molar-refractivity contribution is 0.892.